The molecule has 0 saturated carbocycles. The van der Waals surface area contributed by atoms with E-state index in [0.717, 1.165) is 24.7 Å². The maximum absolute atomic E-state index is 14.1. The summed E-state index contributed by atoms with van der Waals surface area (Å²) in [6.07, 6.45) is 1.61. The van der Waals surface area contributed by atoms with Gasteiger partial charge in [-0.3, -0.25) is 4.79 Å². The van der Waals surface area contributed by atoms with Crippen LogP contribution in [0.3, 0.4) is 0 Å². The second-order valence-corrected chi connectivity index (χ2v) is 7.14. The fourth-order valence-electron chi connectivity index (χ4n) is 3.05. The third kappa shape index (κ3) is 10.1. The van der Waals surface area contributed by atoms with E-state index in [0.29, 0.717) is 34.9 Å². The average Bonchev–Trinajstić information content (AvgIpc) is 2.93. The second-order valence-electron chi connectivity index (χ2n) is 7.14. The lowest BCUT2D eigenvalue weighted by Gasteiger charge is -2.13. The van der Waals surface area contributed by atoms with Crippen molar-refractivity contribution in [3.8, 4) is 17.2 Å². The first-order chi connectivity index (χ1) is 17.5. The highest BCUT2D eigenvalue weighted by atomic mass is 19.1. The molecule has 0 radical (unpaired) electrons. The number of hydrogen-bond donors (Lipinski definition) is 3. The number of nitrogens with two attached hydrogens (primary N) is 1. The molecule has 194 valence electrons. The summed E-state index contributed by atoms with van der Waals surface area (Å²) in [5.74, 6) is 5.52. The van der Waals surface area contributed by atoms with Crippen molar-refractivity contribution < 1.29 is 33.3 Å². The number of aliphatic hydroxyl groups excluding tert-OH is 1. The van der Waals surface area contributed by atoms with E-state index in [1.54, 1.807) is 25.3 Å². The van der Waals surface area contributed by atoms with Crippen molar-refractivity contribution in [3.05, 3.63) is 89.2 Å². The van der Waals surface area contributed by atoms with Gasteiger partial charge in [-0.1, -0.05) is 55.8 Å². The number of nitrogens with one attached hydrogen (secondary N) is 1. The maximum atomic E-state index is 14.1. The van der Waals surface area contributed by atoms with Crippen LogP contribution in [0.2, 0.25) is 0 Å². The van der Waals surface area contributed by atoms with E-state index in [-0.39, 0.29) is 25.5 Å². The Morgan fingerprint density at radius 1 is 1.03 bits per heavy atom. The van der Waals surface area contributed by atoms with Gasteiger partial charge in [-0.25, -0.2) is 4.39 Å². The number of ether oxygens (including phenoxy) is 3. The average molecular weight is 501 g/mol. The smallest absolute Gasteiger partial charge is 0.312 e. The summed E-state index contributed by atoms with van der Waals surface area (Å²) in [7, 11) is 2.57. The summed E-state index contributed by atoms with van der Waals surface area (Å²) in [5, 5.41) is 15.2. The Morgan fingerprint density at radius 3 is 2.31 bits per heavy atom. The molecule has 3 aromatic rings. The molecule has 0 aliphatic carbocycles. The molecule has 0 aliphatic heterocycles. The highest BCUT2D eigenvalue weighted by molar-refractivity contribution is 5.99. The number of carbonyl (C=O) groups excluding carboxylic acids is 1. The summed E-state index contributed by atoms with van der Waals surface area (Å²) in [6.45, 7) is 2.60. The van der Waals surface area contributed by atoms with Crippen LogP contribution < -0.4 is 20.1 Å². The zero-order chi connectivity index (χ0) is 26.8. The fraction of sp³-hybridized carbons (Fsp3) is 0.259. The topological polar surface area (TPSA) is 124 Å². The molecule has 0 amide bonds. The van der Waals surface area contributed by atoms with Crippen LogP contribution in [-0.4, -0.2) is 38.1 Å². The van der Waals surface area contributed by atoms with E-state index in [1.165, 1.54) is 6.07 Å². The Bertz CT molecular complexity index is 1060. The third-order valence-electron chi connectivity index (χ3n) is 4.73. The molecule has 3 rings (SSSR count). The third-order valence-corrected chi connectivity index (χ3v) is 4.73. The molecule has 36 heavy (non-hydrogen) atoms. The molecule has 8 nitrogen and oxygen atoms in total. The second kappa shape index (κ2) is 17.5. The van der Waals surface area contributed by atoms with Gasteiger partial charge in [0.2, 0.25) is 0 Å². The first kappa shape index (κ1) is 30.1. The molecule has 0 unspecified atom stereocenters. The molecule has 0 saturated heterocycles. The zero-order valence-electron chi connectivity index (χ0n) is 20.7. The Hall–Kier alpha value is -3.95. The van der Waals surface area contributed by atoms with Crippen LogP contribution in [0.1, 0.15) is 30.0 Å². The number of carbonyl (C=O) groups is 1. The zero-order valence-corrected chi connectivity index (χ0v) is 20.7. The van der Waals surface area contributed by atoms with Crippen molar-refractivity contribution in [2.24, 2.45) is 5.90 Å². The molecule has 4 N–H and O–H groups in total. The van der Waals surface area contributed by atoms with Crippen LogP contribution in [0.25, 0.3) is 0 Å². The summed E-state index contributed by atoms with van der Waals surface area (Å²) in [4.78, 5) is 12.2. The summed E-state index contributed by atoms with van der Waals surface area (Å²) >= 11 is 0. The molecule has 0 atom stereocenters. The van der Waals surface area contributed by atoms with Crippen LogP contribution in [0.4, 0.5) is 4.39 Å². The fourth-order valence-corrected chi connectivity index (χ4v) is 3.05. The van der Waals surface area contributed by atoms with Crippen molar-refractivity contribution >= 4 is 12.2 Å². The number of rotatable bonds is 11. The van der Waals surface area contributed by atoms with Crippen molar-refractivity contribution in [2.45, 2.75) is 26.4 Å². The van der Waals surface area contributed by atoms with Crippen LogP contribution in [0.5, 0.6) is 17.2 Å². The molecule has 0 aliphatic rings. The lowest BCUT2D eigenvalue weighted by atomic mass is 10.1. The van der Waals surface area contributed by atoms with Gasteiger partial charge in [0, 0.05) is 13.2 Å². The number of methoxy groups -OCH3 is 1. The van der Waals surface area contributed by atoms with Gasteiger partial charge in [-0.05, 0) is 41.3 Å². The van der Waals surface area contributed by atoms with Gasteiger partial charge < -0.3 is 29.6 Å². The van der Waals surface area contributed by atoms with Crippen molar-refractivity contribution in [1.29, 1.82) is 5.41 Å². The van der Waals surface area contributed by atoms with Crippen molar-refractivity contribution in [1.82, 2.24) is 0 Å². The minimum Gasteiger partial charge on any atom is -0.493 e. The van der Waals surface area contributed by atoms with E-state index in [4.69, 9.17) is 29.5 Å². The van der Waals surface area contributed by atoms with Gasteiger partial charge >= 0.3 is 6.47 Å². The molecule has 0 heterocycles. The molecule has 0 aromatic heterocycles. The van der Waals surface area contributed by atoms with E-state index in [2.05, 4.69) is 10.7 Å². The molecule has 0 spiro atoms. The van der Waals surface area contributed by atoms with E-state index >= 15 is 0 Å². The van der Waals surface area contributed by atoms with Crippen LogP contribution in [0, 0.1) is 11.2 Å². The summed E-state index contributed by atoms with van der Waals surface area (Å²) in [6, 6.07) is 19.9. The Labute approximate surface area is 210 Å². The SMILES string of the molecule is CCCc1ccc(OCc2ccc(OCC(=N)c3ccccc3)c(OC)c2)cc1F.CO.NOC=O. The Kier molecular flexibility index (Phi) is 14.6. The molecular formula is C27H33FN2O6. The molecular weight excluding hydrogens is 467 g/mol. The van der Waals surface area contributed by atoms with Crippen LogP contribution >= 0.6 is 0 Å². The monoisotopic (exact) mass is 500 g/mol. The van der Waals surface area contributed by atoms with E-state index in [9.17, 15) is 4.39 Å². The van der Waals surface area contributed by atoms with E-state index < -0.39 is 0 Å². The van der Waals surface area contributed by atoms with Gasteiger partial charge in [0.05, 0.1) is 12.8 Å². The number of benzene rings is 3. The van der Waals surface area contributed by atoms with Gasteiger partial charge in [-0.2, -0.15) is 5.90 Å². The highest BCUT2D eigenvalue weighted by Gasteiger charge is 2.10. The normalized spacial score (nSPS) is 9.50. The summed E-state index contributed by atoms with van der Waals surface area (Å²) < 4.78 is 31.0. The minimum atomic E-state index is -0.239. The number of aryl methyl sites for hydroxylation is 1. The molecule has 9 heteroatoms. The predicted octanol–water partition coefficient (Wildman–Crippen LogP) is 4.45. The Morgan fingerprint density at radius 2 is 1.72 bits per heavy atom. The van der Waals surface area contributed by atoms with Crippen LogP contribution in [-0.2, 0) is 22.7 Å². The minimum absolute atomic E-state index is 0.138. The lowest BCUT2D eigenvalue weighted by Crippen LogP contribution is -2.12. The van der Waals surface area contributed by atoms with Gasteiger partial charge in [-0.15, -0.1) is 0 Å². The number of hydrogen-bond acceptors (Lipinski definition) is 8. The molecule has 0 bridgehead atoms. The lowest BCUT2D eigenvalue weighted by molar-refractivity contribution is -0.129. The predicted molar refractivity (Wildman–Crippen MR) is 136 cm³/mol. The summed E-state index contributed by atoms with van der Waals surface area (Å²) in [5.41, 5.74) is 2.78. The van der Waals surface area contributed by atoms with Gasteiger partial charge in [0.15, 0.2) is 11.5 Å². The van der Waals surface area contributed by atoms with Crippen molar-refractivity contribution in [3.63, 3.8) is 0 Å². The van der Waals surface area contributed by atoms with Gasteiger partial charge in [0.1, 0.15) is 24.8 Å². The standard InChI is InChI=1S/C25H26FNO3.CH3NO2.CH4O/c1-3-7-19-11-12-21(15-22(19)26)29-16-18-10-13-24(25(14-18)28-2)30-17-23(27)20-8-5-4-6-9-20;2-4-1-3;1-2/h4-6,8-15,27H,3,7,16-17H2,1-2H3;1H,2H2;2H,1H3. The van der Waals surface area contributed by atoms with Gasteiger partial charge in [0.25, 0.3) is 0 Å². The quantitative estimate of drug-likeness (QED) is 0.202. The first-order valence-corrected chi connectivity index (χ1v) is 11.1. The first-order valence-electron chi connectivity index (χ1n) is 11.1. The Balaban J connectivity index is 0.000000982. The van der Waals surface area contributed by atoms with E-state index in [1.807, 2.05) is 49.4 Å². The molecule has 3 aromatic carbocycles. The van der Waals surface area contributed by atoms with Crippen molar-refractivity contribution in [2.75, 3.05) is 20.8 Å². The highest BCUT2D eigenvalue weighted by Crippen LogP contribution is 2.29. The number of aliphatic hydroxyl groups is 1. The molecule has 0 fully saturated rings. The maximum Gasteiger partial charge on any atom is 0.312 e. The largest absolute Gasteiger partial charge is 0.493 e. The number of halogens is 1. The van der Waals surface area contributed by atoms with Crippen LogP contribution in [0.15, 0.2) is 66.7 Å².